The van der Waals surface area contributed by atoms with Gasteiger partial charge in [0.15, 0.2) is 0 Å². The van der Waals surface area contributed by atoms with Gasteiger partial charge in [0, 0.05) is 69.3 Å². The molecule has 0 saturated carbocycles. The van der Waals surface area contributed by atoms with Crippen molar-refractivity contribution in [2.45, 2.75) is 93.2 Å². The monoisotopic (exact) mass is 1250 g/mol. The summed E-state index contributed by atoms with van der Waals surface area (Å²) in [5.74, 6) is -1.72. The summed E-state index contributed by atoms with van der Waals surface area (Å²) in [4.78, 5) is 102. The molecule has 0 radical (unpaired) electrons. The van der Waals surface area contributed by atoms with Gasteiger partial charge in [0.05, 0.1) is 22.3 Å². The van der Waals surface area contributed by atoms with Crippen molar-refractivity contribution in [3.63, 3.8) is 0 Å². The quantitative estimate of drug-likeness (QED) is 0.0364. The van der Waals surface area contributed by atoms with Crippen molar-refractivity contribution in [1.29, 1.82) is 0 Å². The third-order valence-electron chi connectivity index (χ3n) is 17.8. The molecule has 0 saturated heterocycles. The van der Waals surface area contributed by atoms with Gasteiger partial charge < -0.3 is 28.7 Å². The number of amides is 6. The van der Waals surface area contributed by atoms with Crippen molar-refractivity contribution in [2.75, 3.05) is 26.2 Å². The largest absolute Gasteiger partial charge is 0.457 e. The highest BCUT2D eigenvalue weighted by Gasteiger charge is 2.48. The summed E-state index contributed by atoms with van der Waals surface area (Å²) in [7, 11) is 0. The second-order valence-corrected chi connectivity index (χ2v) is 24.6. The second kappa shape index (κ2) is 25.7. The average Bonchev–Trinajstić information content (AvgIpc) is 0.673. The third-order valence-corrected chi connectivity index (χ3v) is 17.8. The highest BCUT2D eigenvalue weighted by atomic mass is 16.5. The predicted octanol–water partition coefficient (Wildman–Crippen LogP) is 18.1. The molecule has 2 aliphatic heterocycles. The zero-order valence-electron chi connectivity index (χ0n) is 54.0. The molecule has 11 aromatic rings. The van der Waals surface area contributed by atoms with Crippen LogP contribution >= 0.6 is 0 Å². The maximum Gasteiger partial charge on any atom is 0.262 e. The van der Waals surface area contributed by atoms with Crippen LogP contribution < -0.4 is 18.9 Å². The molecule has 472 valence electrons. The van der Waals surface area contributed by atoms with Crippen molar-refractivity contribution in [2.24, 2.45) is 0 Å². The van der Waals surface area contributed by atoms with Gasteiger partial charge in [-0.15, -0.1) is 0 Å². The van der Waals surface area contributed by atoms with E-state index in [1.807, 2.05) is 165 Å². The van der Waals surface area contributed by atoms with E-state index in [-0.39, 0.29) is 56.0 Å². The van der Waals surface area contributed by atoms with E-state index in [0.717, 1.165) is 32.1 Å². The fraction of sp³-hybridized carbons (Fsp3) is 0.225. The Bertz CT molecular complexity index is 4240. The van der Waals surface area contributed by atoms with E-state index in [2.05, 4.69) is 0 Å². The molecule has 2 atom stereocenters. The van der Waals surface area contributed by atoms with E-state index in [0.29, 0.717) is 118 Å². The number of carbonyl (C=O) groups excluding carboxylic acids is 6. The zero-order valence-corrected chi connectivity index (χ0v) is 54.0. The number of imide groups is 2. The second-order valence-electron chi connectivity index (χ2n) is 24.6. The van der Waals surface area contributed by atoms with Gasteiger partial charge in [-0.1, -0.05) is 159 Å². The first-order valence-corrected chi connectivity index (χ1v) is 32.4. The SMILES string of the molecule is CCCN(CCC)C(=O)C(c1ccccc1)N1C(=O)c2cc(Oc3ccc(C)cc3)c3c4c(Oc5ccc(C)cc5)cc5c6c(cc(Oc7ccc(C)cc7)c(c7c(Oc8ccc(C)cc8)cc(c2c37)C1=O)c64)C(=O)N(C(C(=O)N(CCC)CCC)c1ccccc1)C5=O. The molecule has 13 rings (SSSR count). The summed E-state index contributed by atoms with van der Waals surface area (Å²) in [6.07, 6.45) is 2.54. The van der Waals surface area contributed by atoms with Crippen molar-refractivity contribution in [3.8, 4) is 46.0 Å². The van der Waals surface area contributed by atoms with Crippen LogP contribution in [0.2, 0.25) is 0 Å². The van der Waals surface area contributed by atoms with Gasteiger partial charge in [0.2, 0.25) is 0 Å². The first-order valence-electron chi connectivity index (χ1n) is 32.4. The standard InChI is InChI=1S/C80H72N4O10/c1-9-39-81(40-10-2)79(89)73(51-19-15-13-16-20-51)83-75(85)57-43-61(91-53-31-23-47(5)24-32-53)67-69-63(93-55-35-27-49(7)28-36-55)45-59-66-60(78(88)84(77(59)87)74(52-21-17-14-18-22-52)80(90)82(41-11-3)42-12-4)46-64(94-56-37-29-50(8)30-38-56)70(72(66)69)68-62(92-54-33-25-48(6)26-34-54)44-58(76(83)86)65(57)71(67)68/h13-38,43-46,73-74H,9-12,39-42H2,1-8H3. The van der Waals surface area contributed by atoms with Crippen LogP contribution in [0, 0.1) is 27.7 Å². The maximum absolute atomic E-state index is 16.4. The highest BCUT2D eigenvalue weighted by Crippen LogP contribution is 2.58. The van der Waals surface area contributed by atoms with Crippen LogP contribution in [0.1, 0.15) is 140 Å². The minimum Gasteiger partial charge on any atom is -0.457 e. The number of carbonyl (C=O) groups is 6. The lowest BCUT2D eigenvalue weighted by atomic mass is 9.80. The van der Waals surface area contributed by atoms with E-state index in [1.165, 1.54) is 0 Å². The smallest absolute Gasteiger partial charge is 0.262 e. The van der Waals surface area contributed by atoms with Gasteiger partial charge in [0.25, 0.3) is 35.4 Å². The van der Waals surface area contributed by atoms with Gasteiger partial charge in [-0.2, -0.15) is 0 Å². The lowest BCUT2D eigenvalue weighted by molar-refractivity contribution is -0.136. The van der Waals surface area contributed by atoms with Gasteiger partial charge in [-0.3, -0.25) is 38.6 Å². The summed E-state index contributed by atoms with van der Waals surface area (Å²) in [6.45, 7) is 17.3. The Kier molecular flexibility index (Phi) is 16.9. The molecule has 2 heterocycles. The van der Waals surface area contributed by atoms with E-state index in [1.54, 1.807) is 82.6 Å². The van der Waals surface area contributed by atoms with Crippen molar-refractivity contribution >= 4 is 78.5 Å². The number of benzene rings is 11. The Morgan fingerprint density at radius 1 is 0.330 bits per heavy atom. The van der Waals surface area contributed by atoms with Crippen LogP contribution in [0.25, 0.3) is 43.1 Å². The minimum absolute atomic E-state index is 0.0544. The molecule has 0 aromatic heterocycles. The molecular weight excluding hydrogens is 1180 g/mol. The summed E-state index contributed by atoms with van der Waals surface area (Å²) in [6, 6.07) is 51.3. The van der Waals surface area contributed by atoms with Crippen LogP contribution in [0.15, 0.2) is 182 Å². The lowest BCUT2D eigenvalue weighted by Gasteiger charge is -2.38. The summed E-state index contributed by atoms with van der Waals surface area (Å²) < 4.78 is 28.9. The van der Waals surface area contributed by atoms with E-state index in [4.69, 9.17) is 18.9 Å². The van der Waals surface area contributed by atoms with Gasteiger partial charge in [-0.25, -0.2) is 0 Å². The number of ether oxygens (including phenoxy) is 4. The van der Waals surface area contributed by atoms with Crippen molar-refractivity contribution in [1.82, 2.24) is 19.6 Å². The van der Waals surface area contributed by atoms with Crippen LogP contribution in [-0.4, -0.2) is 81.2 Å². The fourth-order valence-corrected chi connectivity index (χ4v) is 13.4. The Labute approximate surface area is 546 Å². The molecule has 0 N–H and O–H groups in total. The van der Waals surface area contributed by atoms with E-state index < -0.39 is 47.5 Å². The number of rotatable bonds is 22. The molecule has 0 fully saturated rings. The van der Waals surface area contributed by atoms with Crippen molar-refractivity contribution < 1.29 is 47.7 Å². The molecule has 0 spiro atoms. The minimum atomic E-state index is -1.40. The van der Waals surface area contributed by atoms with Gasteiger partial charge in [-0.05, 0) is 137 Å². The third kappa shape index (κ3) is 11.1. The number of nitrogens with zero attached hydrogens (tertiary/aromatic N) is 4. The fourth-order valence-electron chi connectivity index (χ4n) is 13.4. The lowest BCUT2D eigenvalue weighted by Crippen LogP contribution is -2.50. The first-order chi connectivity index (χ1) is 45.6. The average molecular weight is 1250 g/mol. The molecule has 0 aliphatic carbocycles. The number of hydrogen-bond acceptors (Lipinski definition) is 10. The summed E-state index contributed by atoms with van der Waals surface area (Å²) in [5, 5.41) is 2.46. The molecule has 11 aromatic carbocycles. The predicted molar refractivity (Wildman–Crippen MR) is 366 cm³/mol. The number of aryl methyl sites for hydroxylation is 4. The Morgan fingerprint density at radius 3 is 0.787 bits per heavy atom. The maximum atomic E-state index is 16.4. The molecule has 6 amide bonds. The van der Waals surface area contributed by atoms with Crippen LogP contribution in [0.3, 0.4) is 0 Å². The Morgan fingerprint density at radius 2 is 0.564 bits per heavy atom. The van der Waals surface area contributed by atoms with Gasteiger partial charge >= 0.3 is 0 Å². The topological polar surface area (TPSA) is 152 Å². The molecule has 14 heteroatoms. The van der Waals surface area contributed by atoms with E-state index >= 15 is 28.8 Å². The number of fused-ring (bicyclic) bond motifs is 2. The number of hydrogen-bond donors (Lipinski definition) is 0. The molecule has 94 heavy (non-hydrogen) atoms. The molecule has 14 nitrogen and oxygen atoms in total. The van der Waals surface area contributed by atoms with Crippen molar-refractivity contribution in [3.05, 3.63) is 238 Å². The molecular formula is C80H72N4O10. The van der Waals surface area contributed by atoms with Gasteiger partial charge in [0.1, 0.15) is 58.1 Å². The van der Waals surface area contributed by atoms with E-state index in [9.17, 15) is 0 Å². The summed E-state index contributed by atoms with van der Waals surface area (Å²) >= 11 is 0. The van der Waals surface area contributed by atoms with Crippen LogP contribution in [-0.2, 0) is 9.59 Å². The Hall–Kier alpha value is -10.9. The van der Waals surface area contributed by atoms with Crippen LogP contribution in [0.4, 0.5) is 0 Å². The summed E-state index contributed by atoms with van der Waals surface area (Å²) in [5.41, 5.74) is 4.93. The first kappa shape index (κ1) is 62.0. The van der Waals surface area contributed by atoms with Crippen LogP contribution in [0.5, 0.6) is 46.0 Å². The molecule has 2 unspecified atom stereocenters. The molecule has 0 bridgehead atoms. The normalized spacial score (nSPS) is 13.5. The molecule has 2 aliphatic rings. The highest BCUT2D eigenvalue weighted by molar-refractivity contribution is 6.45. The Balaban J connectivity index is 1.22. The zero-order chi connectivity index (χ0) is 65.6.